The molecule has 0 aliphatic rings. The maximum atomic E-state index is 12.5. The first-order valence-corrected chi connectivity index (χ1v) is 9.23. The Morgan fingerprint density at radius 3 is 2.04 bits per heavy atom. The van der Waals surface area contributed by atoms with E-state index in [1.807, 2.05) is 0 Å². The summed E-state index contributed by atoms with van der Waals surface area (Å²) >= 11 is 0. The van der Waals surface area contributed by atoms with Gasteiger partial charge in [-0.05, 0) is 51.3 Å². The second-order valence-electron chi connectivity index (χ2n) is 7.94. The molecule has 0 saturated carbocycles. The molecule has 156 valence electrons. The van der Waals surface area contributed by atoms with Crippen molar-refractivity contribution in [3.05, 3.63) is 29.8 Å². The van der Waals surface area contributed by atoms with E-state index in [0.29, 0.717) is 5.69 Å². The molecule has 0 saturated heterocycles. The van der Waals surface area contributed by atoms with Gasteiger partial charge in [-0.1, -0.05) is 26.0 Å². The number of nitrogens with one attached hydrogen (secondary N) is 3. The van der Waals surface area contributed by atoms with Gasteiger partial charge in [-0.3, -0.25) is 9.59 Å². The molecule has 0 aliphatic carbocycles. The smallest absolute Gasteiger partial charge is 0.408 e. The summed E-state index contributed by atoms with van der Waals surface area (Å²) in [6.07, 6.45) is -0.692. The second kappa shape index (κ2) is 10.1. The molecule has 0 heterocycles. The molecule has 1 aromatic carbocycles. The number of aliphatic hydroxyl groups is 1. The number of alkyl carbamates (subject to hydrolysis) is 1. The number of ether oxygens (including phenoxy) is 1. The Labute approximate surface area is 166 Å². The van der Waals surface area contributed by atoms with Crippen molar-refractivity contribution in [2.24, 2.45) is 5.92 Å². The van der Waals surface area contributed by atoms with Crippen molar-refractivity contribution >= 4 is 23.6 Å². The lowest BCUT2D eigenvalue weighted by atomic mass is 10.0. The molecule has 2 atom stereocenters. The van der Waals surface area contributed by atoms with Crippen molar-refractivity contribution in [1.29, 1.82) is 0 Å². The number of hydrogen-bond acceptors (Lipinski definition) is 5. The van der Waals surface area contributed by atoms with Crippen molar-refractivity contribution in [3.8, 4) is 0 Å². The van der Waals surface area contributed by atoms with E-state index in [1.54, 1.807) is 65.8 Å². The Hall–Kier alpha value is -2.61. The van der Waals surface area contributed by atoms with E-state index in [-0.39, 0.29) is 12.5 Å². The van der Waals surface area contributed by atoms with Crippen LogP contribution in [0.1, 0.15) is 47.1 Å². The highest BCUT2D eigenvalue weighted by atomic mass is 16.6. The number of carbonyl (C=O) groups is 3. The summed E-state index contributed by atoms with van der Waals surface area (Å²) < 4.78 is 5.19. The van der Waals surface area contributed by atoms with Gasteiger partial charge < -0.3 is 25.8 Å². The largest absolute Gasteiger partial charge is 0.444 e. The predicted molar refractivity (Wildman–Crippen MR) is 107 cm³/mol. The second-order valence-corrected chi connectivity index (χ2v) is 7.94. The van der Waals surface area contributed by atoms with Gasteiger partial charge in [-0.15, -0.1) is 0 Å². The van der Waals surface area contributed by atoms with Crippen LogP contribution in [0.5, 0.6) is 0 Å². The van der Waals surface area contributed by atoms with E-state index in [2.05, 4.69) is 16.0 Å². The van der Waals surface area contributed by atoms with Crippen LogP contribution in [0.4, 0.5) is 10.5 Å². The number of aliphatic hydroxyl groups excluding tert-OH is 1. The van der Waals surface area contributed by atoms with E-state index < -0.39 is 35.6 Å². The maximum Gasteiger partial charge on any atom is 0.408 e. The number of rotatable bonds is 7. The molecule has 2 unspecified atom stereocenters. The zero-order valence-corrected chi connectivity index (χ0v) is 17.3. The molecule has 3 amide bonds. The first-order valence-electron chi connectivity index (χ1n) is 9.23. The SMILES string of the molecule is CC(NC(=O)C(NC(=O)OC(C)(C)C)C(C)C)C(=O)Nc1ccc(CO)cc1. The van der Waals surface area contributed by atoms with Crippen molar-refractivity contribution in [1.82, 2.24) is 10.6 Å². The van der Waals surface area contributed by atoms with Crippen LogP contribution in [-0.4, -0.2) is 40.7 Å². The third-order valence-electron chi connectivity index (χ3n) is 3.78. The Balaban J connectivity index is 2.67. The average molecular weight is 393 g/mol. The van der Waals surface area contributed by atoms with Gasteiger partial charge in [0.05, 0.1) is 6.61 Å². The van der Waals surface area contributed by atoms with Crippen molar-refractivity contribution in [2.75, 3.05) is 5.32 Å². The molecule has 1 rings (SSSR count). The van der Waals surface area contributed by atoms with Crippen LogP contribution in [-0.2, 0) is 20.9 Å². The first-order chi connectivity index (χ1) is 12.9. The molecule has 1 aromatic rings. The third-order valence-corrected chi connectivity index (χ3v) is 3.78. The molecule has 0 fully saturated rings. The summed E-state index contributed by atoms with van der Waals surface area (Å²) in [6.45, 7) is 10.2. The van der Waals surface area contributed by atoms with E-state index in [9.17, 15) is 14.4 Å². The van der Waals surface area contributed by atoms with Crippen LogP contribution in [0.25, 0.3) is 0 Å². The molecule has 28 heavy (non-hydrogen) atoms. The molecular weight excluding hydrogens is 362 g/mol. The third kappa shape index (κ3) is 7.96. The van der Waals surface area contributed by atoms with Crippen LogP contribution in [0, 0.1) is 5.92 Å². The molecule has 8 nitrogen and oxygen atoms in total. The Morgan fingerprint density at radius 1 is 1.00 bits per heavy atom. The van der Waals surface area contributed by atoms with Crippen LogP contribution in [0.15, 0.2) is 24.3 Å². The normalized spacial score (nSPS) is 13.4. The molecule has 0 aromatic heterocycles. The van der Waals surface area contributed by atoms with Crippen LogP contribution >= 0.6 is 0 Å². The van der Waals surface area contributed by atoms with E-state index in [1.165, 1.54) is 0 Å². The molecule has 0 bridgehead atoms. The summed E-state index contributed by atoms with van der Waals surface area (Å²) in [5.41, 5.74) is 0.601. The number of benzene rings is 1. The van der Waals surface area contributed by atoms with Crippen LogP contribution < -0.4 is 16.0 Å². The quantitative estimate of drug-likeness (QED) is 0.566. The van der Waals surface area contributed by atoms with Gasteiger partial charge in [0.1, 0.15) is 17.7 Å². The number of hydrogen-bond donors (Lipinski definition) is 4. The minimum absolute atomic E-state index is 0.0814. The fraction of sp³-hybridized carbons (Fsp3) is 0.550. The summed E-state index contributed by atoms with van der Waals surface area (Å²) in [4.78, 5) is 36.8. The minimum Gasteiger partial charge on any atom is -0.444 e. The number of anilines is 1. The Morgan fingerprint density at radius 2 is 1.57 bits per heavy atom. The lowest BCUT2D eigenvalue weighted by Crippen LogP contribution is -2.54. The van der Waals surface area contributed by atoms with Crippen molar-refractivity contribution in [2.45, 2.75) is 65.8 Å². The summed E-state index contributed by atoms with van der Waals surface area (Å²) in [6, 6.07) is 5.06. The topological polar surface area (TPSA) is 117 Å². The zero-order valence-electron chi connectivity index (χ0n) is 17.3. The Kier molecular flexibility index (Phi) is 8.43. The predicted octanol–water partition coefficient (Wildman–Crippen LogP) is 2.17. The van der Waals surface area contributed by atoms with Gasteiger partial charge in [0.25, 0.3) is 0 Å². The first kappa shape index (κ1) is 23.4. The van der Waals surface area contributed by atoms with Gasteiger partial charge in [-0.25, -0.2) is 4.79 Å². The maximum absolute atomic E-state index is 12.5. The fourth-order valence-electron chi connectivity index (χ4n) is 2.28. The molecule has 0 radical (unpaired) electrons. The molecule has 0 spiro atoms. The molecule has 0 aliphatic heterocycles. The molecule has 4 N–H and O–H groups in total. The highest BCUT2D eigenvalue weighted by Gasteiger charge is 2.28. The highest BCUT2D eigenvalue weighted by molar-refractivity contribution is 5.98. The van der Waals surface area contributed by atoms with Gasteiger partial charge in [0.15, 0.2) is 0 Å². The summed E-state index contributed by atoms with van der Waals surface area (Å²) in [5.74, 6) is -1.07. The minimum atomic E-state index is -0.839. The monoisotopic (exact) mass is 393 g/mol. The standard InChI is InChI=1S/C20H31N3O5/c1-12(2)16(23-19(27)28-20(4,5)6)18(26)21-13(3)17(25)22-15-9-7-14(11-24)8-10-15/h7-10,12-13,16,24H,11H2,1-6H3,(H,21,26)(H,22,25)(H,23,27). The fourth-order valence-corrected chi connectivity index (χ4v) is 2.28. The Bertz CT molecular complexity index is 680. The van der Waals surface area contributed by atoms with Gasteiger partial charge in [0.2, 0.25) is 11.8 Å². The van der Waals surface area contributed by atoms with E-state index in [0.717, 1.165) is 5.56 Å². The van der Waals surface area contributed by atoms with E-state index in [4.69, 9.17) is 9.84 Å². The van der Waals surface area contributed by atoms with Gasteiger partial charge in [0, 0.05) is 5.69 Å². The van der Waals surface area contributed by atoms with Crippen LogP contribution in [0.3, 0.4) is 0 Å². The lowest BCUT2D eigenvalue weighted by molar-refractivity contribution is -0.128. The van der Waals surface area contributed by atoms with Crippen molar-refractivity contribution < 1.29 is 24.2 Å². The van der Waals surface area contributed by atoms with Crippen molar-refractivity contribution in [3.63, 3.8) is 0 Å². The van der Waals surface area contributed by atoms with E-state index >= 15 is 0 Å². The summed E-state index contributed by atoms with van der Waals surface area (Å²) in [7, 11) is 0. The summed E-state index contributed by atoms with van der Waals surface area (Å²) in [5, 5.41) is 16.9. The number of carbonyl (C=O) groups excluding carboxylic acids is 3. The molecule has 8 heteroatoms. The van der Waals surface area contributed by atoms with Gasteiger partial charge in [-0.2, -0.15) is 0 Å². The highest BCUT2D eigenvalue weighted by Crippen LogP contribution is 2.11. The zero-order chi connectivity index (χ0) is 21.5. The van der Waals surface area contributed by atoms with Crippen LogP contribution in [0.2, 0.25) is 0 Å². The molecular formula is C20H31N3O5. The number of amides is 3. The van der Waals surface area contributed by atoms with Gasteiger partial charge >= 0.3 is 6.09 Å². The average Bonchev–Trinajstić information content (AvgIpc) is 2.58. The lowest BCUT2D eigenvalue weighted by Gasteiger charge is -2.26.